The number of rotatable bonds is 2. The molecule has 5 rings (SSSR count). The second-order valence-electron chi connectivity index (χ2n) is 7.86. The van der Waals surface area contributed by atoms with Gasteiger partial charge in [-0.1, -0.05) is 41.4 Å². The number of hydrogen-bond acceptors (Lipinski definition) is 6. The zero-order chi connectivity index (χ0) is 23.5. The van der Waals surface area contributed by atoms with Crippen LogP contribution in [0.1, 0.15) is 52.0 Å². The van der Waals surface area contributed by atoms with E-state index in [-0.39, 0.29) is 21.5 Å². The van der Waals surface area contributed by atoms with Gasteiger partial charge in [-0.2, -0.15) is 0 Å². The number of carbonyl (C=O) groups excluding carboxylic acids is 3. The molecule has 1 heterocycles. The third-order valence-electron chi connectivity index (χ3n) is 5.73. The lowest BCUT2D eigenvalue weighted by atomic mass is 9.71. The predicted molar refractivity (Wildman–Crippen MR) is 120 cm³/mol. The second kappa shape index (κ2) is 7.61. The summed E-state index contributed by atoms with van der Waals surface area (Å²) in [5.74, 6) is -1.10. The summed E-state index contributed by atoms with van der Waals surface area (Å²) in [6.07, 6.45) is 0.378. The van der Waals surface area contributed by atoms with E-state index in [0.29, 0.717) is 28.7 Å². The van der Waals surface area contributed by atoms with Gasteiger partial charge in [-0.3, -0.25) is 9.59 Å². The standard InChI is InChI=1S/C25H16Cl2O6/c1-12(28)31-22-8-14-7-15-9-23(32-13(2)29)21(27)11-19(15)25(18(14)10-20(22)26)17-6-4-3-5-16(17)24(30)33-25/h3-6,8-11H,7H2,1-2H3. The van der Waals surface area contributed by atoms with Crippen molar-refractivity contribution in [1.29, 1.82) is 0 Å². The molecular weight excluding hydrogens is 467 g/mol. The first-order valence-corrected chi connectivity index (χ1v) is 10.8. The van der Waals surface area contributed by atoms with Gasteiger partial charge in [0.25, 0.3) is 0 Å². The molecular formula is C25H16Cl2O6. The third kappa shape index (κ3) is 3.29. The van der Waals surface area contributed by atoms with Gasteiger partial charge in [0.15, 0.2) is 5.60 Å². The van der Waals surface area contributed by atoms with Gasteiger partial charge in [-0.15, -0.1) is 0 Å². The average Bonchev–Trinajstić information content (AvgIpc) is 3.04. The molecule has 3 aromatic rings. The first-order valence-electron chi connectivity index (χ1n) is 10.1. The number of esters is 3. The number of carbonyl (C=O) groups is 3. The third-order valence-corrected chi connectivity index (χ3v) is 6.33. The first kappa shape index (κ1) is 21.5. The molecule has 0 unspecified atom stereocenters. The molecule has 0 amide bonds. The van der Waals surface area contributed by atoms with E-state index in [0.717, 1.165) is 11.1 Å². The Morgan fingerprint density at radius 3 is 1.88 bits per heavy atom. The highest BCUT2D eigenvalue weighted by Gasteiger charge is 2.52. The zero-order valence-corrected chi connectivity index (χ0v) is 19.0. The maximum absolute atomic E-state index is 12.9. The Kier molecular flexibility index (Phi) is 4.96. The lowest BCUT2D eigenvalue weighted by molar-refractivity contribution is -0.132. The van der Waals surface area contributed by atoms with Gasteiger partial charge >= 0.3 is 17.9 Å². The largest absolute Gasteiger partial charge is 0.441 e. The highest BCUT2D eigenvalue weighted by atomic mass is 35.5. The van der Waals surface area contributed by atoms with Crippen molar-refractivity contribution < 1.29 is 28.6 Å². The van der Waals surface area contributed by atoms with Gasteiger partial charge in [-0.05, 0) is 47.9 Å². The van der Waals surface area contributed by atoms with Crippen LogP contribution in [0.25, 0.3) is 0 Å². The topological polar surface area (TPSA) is 78.9 Å². The van der Waals surface area contributed by atoms with Crippen LogP contribution in [0, 0.1) is 0 Å². The van der Waals surface area contributed by atoms with E-state index in [1.807, 2.05) is 12.1 Å². The number of fused-ring (bicyclic) bond motifs is 6. The minimum atomic E-state index is -1.31. The molecule has 2 aliphatic rings. The van der Waals surface area contributed by atoms with Crippen molar-refractivity contribution >= 4 is 41.1 Å². The summed E-state index contributed by atoms with van der Waals surface area (Å²) in [6, 6.07) is 13.7. The van der Waals surface area contributed by atoms with Crippen LogP contribution >= 0.6 is 23.2 Å². The van der Waals surface area contributed by atoms with Gasteiger partial charge < -0.3 is 14.2 Å². The molecule has 0 bridgehead atoms. The highest BCUT2D eigenvalue weighted by molar-refractivity contribution is 6.32. The van der Waals surface area contributed by atoms with E-state index in [4.69, 9.17) is 37.4 Å². The molecule has 1 aliphatic heterocycles. The molecule has 166 valence electrons. The fourth-order valence-electron chi connectivity index (χ4n) is 4.57. The molecule has 8 heteroatoms. The maximum atomic E-state index is 12.9. The molecule has 1 spiro atoms. The van der Waals surface area contributed by atoms with Crippen molar-refractivity contribution in [3.8, 4) is 11.5 Å². The lowest BCUT2D eigenvalue weighted by Gasteiger charge is -2.38. The molecule has 33 heavy (non-hydrogen) atoms. The minimum absolute atomic E-state index is 0.202. The maximum Gasteiger partial charge on any atom is 0.340 e. The fourth-order valence-corrected chi connectivity index (χ4v) is 4.98. The predicted octanol–water partition coefficient (Wildman–Crippen LogP) is 5.21. The van der Waals surface area contributed by atoms with Crippen LogP contribution in [-0.2, 0) is 26.3 Å². The molecule has 6 nitrogen and oxygen atoms in total. The summed E-state index contributed by atoms with van der Waals surface area (Å²) in [4.78, 5) is 36.0. The fraction of sp³-hybridized carbons (Fsp3) is 0.160. The summed E-state index contributed by atoms with van der Waals surface area (Å²) in [6.45, 7) is 2.57. The number of halogens is 2. The molecule has 0 atom stereocenters. The summed E-state index contributed by atoms with van der Waals surface area (Å²) >= 11 is 12.9. The SMILES string of the molecule is CC(=O)Oc1cc2c(cc1Cl)C1(OC(=O)c3ccccc31)c1cc(Cl)c(OC(C)=O)cc1C2. The normalized spacial score (nSPS) is 14.7. The van der Waals surface area contributed by atoms with Gasteiger partial charge in [0.1, 0.15) is 11.5 Å². The van der Waals surface area contributed by atoms with E-state index in [9.17, 15) is 14.4 Å². The molecule has 0 radical (unpaired) electrons. The minimum Gasteiger partial charge on any atom is -0.441 e. The van der Waals surface area contributed by atoms with Gasteiger partial charge in [0.05, 0.1) is 15.6 Å². The van der Waals surface area contributed by atoms with Gasteiger partial charge in [-0.25, -0.2) is 4.79 Å². The van der Waals surface area contributed by atoms with Crippen LogP contribution in [0.4, 0.5) is 0 Å². The van der Waals surface area contributed by atoms with E-state index in [1.54, 1.807) is 36.4 Å². The van der Waals surface area contributed by atoms with Crippen LogP contribution < -0.4 is 9.47 Å². The summed E-state index contributed by atoms with van der Waals surface area (Å²) in [5.41, 5.74) is 2.53. The molecule has 3 aromatic carbocycles. The first-order chi connectivity index (χ1) is 15.7. The Bertz CT molecular complexity index is 1310. The lowest BCUT2D eigenvalue weighted by Crippen LogP contribution is -2.35. The molecule has 0 aromatic heterocycles. The monoisotopic (exact) mass is 482 g/mol. The van der Waals surface area contributed by atoms with E-state index in [2.05, 4.69) is 0 Å². The summed E-state index contributed by atoms with van der Waals surface area (Å²) < 4.78 is 16.6. The van der Waals surface area contributed by atoms with Gasteiger partial charge in [0.2, 0.25) is 0 Å². The quantitative estimate of drug-likeness (QED) is 0.368. The van der Waals surface area contributed by atoms with Crippen LogP contribution in [0.2, 0.25) is 10.0 Å². The van der Waals surface area contributed by atoms with Crippen molar-refractivity contribution in [2.45, 2.75) is 25.9 Å². The summed E-state index contributed by atoms with van der Waals surface area (Å²) in [5, 5.41) is 0.407. The highest BCUT2D eigenvalue weighted by Crippen LogP contribution is 2.54. The zero-order valence-electron chi connectivity index (χ0n) is 17.5. The van der Waals surface area contributed by atoms with Crippen LogP contribution in [0.15, 0.2) is 48.5 Å². The van der Waals surface area contributed by atoms with E-state index < -0.39 is 23.5 Å². The molecule has 0 N–H and O–H groups in total. The molecule has 1 aliphatic carbocycles. The van der Waals surface area contributed by atoms with E-state index in [1.165, 1.54) is 13.8 Å². The molecule has 0 saturated carbocycles. The Morgan fingerprint density at radius 2 is 1.36 bits per heavy atom. The number of benzene rings is 3. The van der Waals surface area contributed by atoms with Crippen molar-refractivity contribution in [2.75, 3.05) is 0 Å². The van der Waals surface area contributed by atoms with E-state index >= 15 is 0 Å². The van der Waals surface area contributed by atoms with Gasteiger partial charge in [0, 0.05) is 30.5 Å². The number of hydrogen-bond donors (Lipinski definition) is 0. The van der Waals surface area contributed by atoms with Crippen molar-refractivity contribution in [3.05, 3.63) is 92.0 Å². The Hall–Kier alpha value is -3.35. The molecule has 0 saturated heterocycles. The van der Waals surface area contributed by atoms with Crippen molar-refractivity contribution in [1.82, 2.24) is 0 Å². The Labute approximate surface area is 199 Å². The van der Waals surface area contributed by atoms with Crippen LogP contribution in [0.5, 0.6) is 11.5 Å². The second-order valence-corrected chi connectivity index (χ2v) is 8.67. The average molecular weight is 483 g/mol. The van der Waals surface area contributed by atoms with Crippen LogP contribution in [-0.4, -0.2) is 17.9 Å². The van der Waals surface area contributed by atoms with Crippen molar-refractivity contribution in [2.24, 2.45) is 0 Å². The smallest absolute Gasteiger partial charge is 0.340 e. The Morgan fingerprint density at radius 1 is 0.848 bits per heavy atom. The number of ether oxygens (including phenoxy) is 3. The summed E-state index contributed by atoms with van der Waals surface area (Å²) in [7, 11) is 0. The molecule has 0 fully saturated rings. The Balaban J connectivity index is 1.82. The van der Waals surface area contributed by atoms with Crippen LogP contribution in [0.3, 0.4) is 0 Å². The van der Waals surface area contributed by atoms with Crippen molar-refractivity contribution in [3.63, 3.8) is 0 Å².